The molecule has 0 saturated carbocycles. The molecule has 2 aliphatic heterocycles. The maximum atomic E-state index is 12.4. The molecule has 168 valence electrons. The number of likely N-dealkylation sites (tertiary alicyclic amines) is 2. The Morgan fingerprint density at radius 2 is 1.03 bits per heavy atom. The lowest BCUT2D eigenvalue weighted by molar-refractivity contribution is -0.115. The molecule has 0 aromatic rings. The molecule has 0 amide bonds. The molecule has 0 bridgehead atoms. The van der Waals surface area contributed by atoms with Crippen molar-refractivity contribution in [2.75, 3.05) is 65.4 Å². The smallest absolute Gasteiger partial charge is 0.183 e. The molecule has 3 rings (SSSR count). The minimum atomic E-state index is -0.0248. The summed E-state index contributed by atoms with van der Waals surface area (Å²) in [5.74, 6) is -0.0495. The molecule has 0 aromatic carbocycles. The van der Waals surface area contributed by atoms with Crippen LogP contribution in [0.5, 0.6) is 0 Å². The van der Waals surface area contributed by atoms with Gasteiger partial charge in [-0.3, -0.25) is 9.59 Å². The molecule has 30 heavy (non-hydrogen) atoms. The zero-order valence-electron chi connectivity index (χ0n) is 18.6. The lowest BCUT2D eigenvalue weighted by Gasteiger charge is -2.26. The molecule has 0 radical (unpaired) electrons. The number of nitrogens with zero attached hydrogens (tertiary/aromatic N) is 2. The Bertz CT molecular complexity index is 563. The Labute approximate surface area is 182 Å². The molecule has 6 nitrogen and oxygen atoms in total. The average Bonchev–Trinajstić information content (AvgIpc) is 2.77. The standard InChI is InChI=1S/C24H40N4O2/c29-23-18-22(20-26-10-8-16-28-13-5-2-6-14-28)24(30)17-21(23)19-25-9-7-15-27-11-3-1-4-12-27/h17-18,25-26H,1-16,19-20H2. The van der Waals surface area contributed by atoms with Crippen molar-refractivity contribution in [2.24, 2.45) is 0 Å². The van der Waals surface area contributed by atoms with E-state index < -0.39 is 0 Å². The third-order valence-electron chi connectivity index (χ3n) is 6.43. The van der Waals surface area contributed by atoms with E-state index in [1.807, 2.05) is 0 Å². The summed E-state index contributed by atoms with van der Waals surface area (Å²) in [6.45, 7) is 9.84. The van der Waals surface area contributed by atoms with Gasteiger partial charge in [0.1, 0.15) is 0 Å². The predicted octanol–water partition coefficient (Wildman–Crippen LogP) is 1.92. The van der Waals surface area contributed by atoms with E-state index in [1.54, 1.807) is 0 Å². The van der Waals surface area contributed by atoms with Crippen molar-refractivity contribution in [1.29, 1.82) is 0 Å². The number of carbonyl (C=O) groups excluding carboxylic acids is 2. The van der Waals surface area contributed by atoms with Crippen molar-refractivity contribution in [1.82, 2.24) is 20.4 Å². The first-order valence-electron chi connectivity index (χ1n) is 12.1. The van der Waals surface area contributed by atoms with E-state index in [-0.39, 0.29) is 11.6 Å². The minimum Gasteiger partial charge on any atom is -0.312 e. The van der Waals surface area contributed by atoms with Gasteiger partial charge < -0.3 is 20.4 Å². The Morgan fingerprint density at radius 1 is 0.633 bits per heavy atom. The van der Waals surface area contributed by atoms with Gasteiger partial charge in [0.2, 0.25) is 0 Å². The number of ketones is 2. The van der Waals surface area contributed by atoms with Crippen LogP contribution in [0.1, 0.15) is 51.4 Å². The van der Waals surface area contributed by atoms with E-state index in [2.05, 4.69) is 20.4 Å². The van der Waals surface area contributed by atoms with Gasteiger partial charge in [-0.25, -0.2) is 0 Å². The van der Waals surface area contributed by atoms with Crippen LogP contribution in [0.15, 0.2) is 23.3 Å². The van der Waals surface area contributed by atoms with Crippen LogP contribution in [0.4, 0.5) is 0 Å². The second-order valence-corrected chi connectivity index (χ2v) is 8.93. The highest BCUT2D eigenvalue weighted by Crippen LogP contribution is 2.12. The van der Waals surface area contributed by atoms with Gasteiger partial charge in [-0.2, -0.15) is 0 Å². The van der Waals surface area contributed by atoms with Crippen LogP contribution < -0.4 is 10.6 Å². The number of nitrogens with one attached hydrogen (secondary N) is 2. The highest BCUT2D eigenvalue weighted by Gasteiger charge is 2.19. The highest BCUT2D eigenvalue weighted by molar-refractivity contribution is 6.20. The summed E-state index contributed by atoms with van der Waals surface area (Å²) in [6.07, 6.45) is 13.2. The fraction of sp³-hybridized carbons (Fsp3) is 0.750. The number of rotatable bonds is 12. The highest BCUT2D eigenvalue weighted by atomic mass is 16.1. The Morgan fingerprint density at radius 3 is 1.43 bits per heavy atom. The minimum absolute atomic E-state index is 0.0248. The summed E-state index contributed by atoms with van der Waals surface area (Å²) in [4.78, 5) is 29.8. The molecule has 6 heteroatoms. The quantitative estimate of drug-likeness (QED) is 0.374. The number of hydrogen-bond acceptors (Lipinski definition) is 6. The van der Waals surface area contributed by atoms with Gasteiger partial charge in [0, 0.05) is 24.2 Å². The van der Waals surface area contributed by atoms with Crippen LogP contribution in [0.2, 0.25) is 0 Å². The van der Waals surface area contributed by atoms with E-state index in [0.717, 1.165) is 39.0 Å². The van der Waals surface area contributed by atoms with Crippen molar-refractivity contribution in [3.8, 4) is 0 Å². The average molecular weight is 417 g/mol. The van der Waals surface area contributed by atoms with Gasteiger partial charge >= 0.3 is 0 Å². The molecule has 2 N–H and O–H groups in total. The van der Waals surface area contributed by atoms with Crippen LogP contribution in [0, 0.1) is 0 Å². The molecule has 0 aromatic heterocycles. The van der Waals surface area contributed by atoms with E-state index in [0.29, 0.717) is 24.2 Å². The normalized spacial score (nSPS) is 21.6. The summed E-state index contributed by atoms with van der Waals surface area (Å²) in [5.41, 5.74) is 1.18. The van der Waals surface area contributed by atoms with E-state index in [1.165, 1.54) is 76.9 Å². The second kappa shape index (κ2) is 13.2. The van der Waals surface area contributed by atoms with Gasteiger partial charge in [0.05, 0.1) is 0 Å². The summed E-state index contributed by atoms with van der Waals surface area (Å²) < 4.78 is 0. The lowest BCUT2D eigenvalue weighted by atomic mass is 9.97. The van der Waals surface area contributed by atoms with Crippen molar-refractivity contribution in [3.05, 3.63) is 23.3 Å². The summed E-state index contributed by atoms with van der Waals surface area (Å²) in [6, 6.07) is 0. The number of allylic oxidation sites excluding steroid dienone is 2. The molecular formula is C24H40N4O2. The molecule has 0 spiro atoms. The van der Waals surface area contributed by atoms with Crippen molar-refractivity contribution in [2.45, 2.75) is 51.4 Å². The molecule has 2 fully saturated rings. The van der Waals surface area contributed by atoms with E-state index in [4.69, 9.17) is 0 Å². The second-order valence-electron chi connectivity index (χ2n) is 8.93. The maximum Gasteiger partial charge on any atom is 0.183 e. The molecule has 2 saturated heterocycles. The summed E-state index contributed by atoms with van der Waals surface area (Å²) >= 11 is 0. The van der Waals surface area contributed by atoms with Crippen LogP contribution in [-0.4, -0.2) is 86.8 Å². The van der Waals surface area contributed by atoms with Crippen LogP contribution in [0.25, 0.3) is 0 Å². The maximum absolute atomic E-state index is 12.4. The Kier molecular flexibility index (Phi) is 10.2. The fourth-order valence-corrected chi connectivity index (χ4v) is 4.59. The van der Waals surface area contributed by atoms with Crippen LogP contribution in [-0.2, 0) is 9.59 Å². The summed E-state index contributed by atoms with van der Waals surface area (Å²) in [5, 5.41) is 6.67. The number of carbonyl (C=O) groups is 2. The Balaban J connectivity index is 1.26. The lowest BCUT2D eigenvalue weighted by Crippen LogP contribution is -2.33. The summed E-state index contributed by atoms with van der Waals surface area (Å²) in [7, 11) is 0. The van der Waals surface area contributed by atoms with Crippen LogP contribution >= 0.6 is 0 Å². The number of piperidine rings is 2. The van der Waals surface area contributed by atoms with Crippen molar-refractivity contribution in [3.63, 3.8) is 0 Å². The monoisotopic (exact) mass is 416 g/mol. The van der Waals surface area contributed by atoms with Gasteiger partial charge in [-0.15, -0.1) is 0 Å². The molecule has 1 aliphatic carbocycles. The SMILES string of the molecule is O=C1C=C(CNCCCN2CCCCC2)C(=O)C=C1CNCCCN1CCCCC1. The van der Waals surface area contributed by atoms with Gasteiger partial charge in [-0.1, -0.05) is 12.8 Å². The largest absolute Gasteiger partial charge is 0.312 e. The topological polar surface area (TPSA) is 64.7 Å². The van der Waals surface area contributed by atoms with E-state index in [9.17, 15) is 9.59 Å². The molecule has 0 atom stereocenters. The third kappa shape index (κ3) is 8.06. The molecular weight excluding hydrogens is 376 g/mol. The fourth-order valence-electron chi connectivity index (χ4n) is 4.59. The van der Waals surface area contributed by atoms with Crippen molar-refractivity contribution >= 4 is 11.6 Å². The van der Waals surface area contributed by atoms with Crippen LogP contribution in [0.3, 0.4) is 0 Å². The first-order chi connectivity index (χ1) is 14.7. The zero-order chi connectivity index (χ0) is 21.0. The van der Waals surface area contributed by atoms with Gasteiger partial charge in [-0.05, 0) is 103 Å². The van der Waals surface area contributed by atoms with Crippen molar-refractivity contribution < 1.29 is 9.59 Å². The number of hydrogen-bond donors (Lipinski definition) is 2. The first kappa shape index (κ1) is 23.3. The van der Waals surface area contributed by atoms with Gasteiger partial charge in [0.15, 0.2) is 11.6 Å². The third-order valence-corrected chi connectivity index (χ3v) is 6.43. The zero-order valence-corrected chi connectivity index (χ0v) is 18.6. The first-order valence-corrected chi connectivity index (χ1v) is 12.1. The van der Waals surface area contributed by atoms with Gasteiger partial charge in [0.25, 0.3) is 0 Å². The molecule has 2 heterocycles. The molecule has 0 unspecified atom stereocenters. The van der Waals surface area contributed by atoms with E-state index >= 15 is 0 Å². The Hall–Kier alpha value is -1.34. The predicted molar refractivity (Wildman–Crippen MR) is 122 cm³/mol. The molecule has 3 aliphatic rings.